The molecular formula is C14H28N2OS. The highest BCUT2D eigenvalue weighted by Crippen LogP contribution is 2.16. The van der Waals surface area contributed by atoms with Crippen LogP contribution in [-0.2, 0) is 4.79 Å². The van der Waals surface area contributed by atoms with Crippen molar-refractivity contribution in [2.24, 2.45) is 0 Å². The number of carbonyl (C=O) groups is 1. The fourth-order valence-electron chi connectivity index (χ4n) is 1.89. The molecule has 0 N–H and O–H groups in total. The number of nitrogens with zero attached hydrogens (tertiary/aromatic N) is 2. The second kappa shape index (κ2) is 10.4. The van der Waals surface area contributed by atoms with Crippen molar-refractivity contribution >= 4 is 17.7 Å². The lowest BCUT2D eigenvalue weighted by Crippen LogP contribution is -2.36. The third-order valence-corrected chi connectivity index (χ3v) is 3.69. The summed E-state index contributed by atoms with van der Waals surface area (Å²) in [5.41, 5.74) is 0. The van der Waals surface area contributed by atoms with E-state index in [0.29, 0.717) is 18.2 Å². The lowest BCUT2D eigenvalue weighted by atomic mass is 10.2. The molecule has 4 heteroatoms. The molecule has 0 rings (SSSR count). The number of hydrogen-bond donors (Lipinski definition) is 0. The van der Waals surface area contributed by atoms with Gasteiger partial charge in [-0.3, -0.25) is 4.79 Å². The summed E-state index contributed by atoms with van der Waals surface area (Å²) in [5, 5.41) is 0.390. The maximum absolute atomic E-state index is 12.2. The summed E-state index contributed by atoms with van der Waals surface area (Å²) < 4.78 is 0. The molecule has 0 saturated heterocycles. The smallest absolute Gasteiger partial charge is 0.224 e. The molecule has 0 aliphatic rings. The van der Waals surface area contributed by atoms with Gasteiger partial charge in [0, 0.05) is 31.3 Å². The van der Waals surface area contributed by atoms with Gasteiger partial charge >= 0.3 is 0 Å². The van der Waals surface area contributed by atoms with Gasteiger partial charge < -0.3 is 9.80 Å². The summed E-state index contributed by atoms with van der Waals surface area (Å²) in [6.07, 6.45) is 3.44. The summed E-state index contributed by atoms with van der Waals surface area (Å²) in [4.78, 5) is 16.3. The van der Waals surface area contributed by atoms with E-state index in [1.54, 1.807) is 0 Å². The van der Waals surface area contributed by atoms with E-state index in [9.17, 15) is 4.79 Å². The van der Waals surface area contributed by atoms with Gasteiger partial charge in [-0.05, 0) is 26.3 Å². The van der Waals surface area contributed by atoms with E-state index in [2.05, 4.69) is 39.4 Å². The Kier molecular flexibility index (Phi) is 10.2. The quantitative estimate of drug-likeness (QED) is 0.571. The minimum absolute atomic E-state index is 0.254. The van der Waals surface area contributed by atoms with Crippen LogP contribution in [-0.4, -0.2) is 60.4 Å². The lowest BCUT2D eigenvalue weighted by Gasteiger charge is -2.25. The molecule has 106 valence electrons. The minimum Gasteiger partial charge on any atom is -0.339 e. The second-order valence-corrected chi connectivity index (χ2v) is 6.25. The molecule has 18 heavy (non-hydrogen) atoms. The molecule has 0 spiro atoms. The van der Waals surface area contributed by atoms with Crippen LogP contribution in [0.15, 0.2) is 12.7 Å². The number of hydrogen-bond acceptors (Lipinski definition) is 3. The van der Waals surface area contributed by atoms with Crippen molar-refractivity contribution < 1.29 is 4.79 Å². The van der Waals surface area contributed by atoms with Crippen molar-refractivity contribution in [2.45, 2.75) is 31.9 Å². The predicted octanol–water partition coefficient (Wildman–Crippen LogP) is 2.48. The van der Waals surface area contributed by atoms with Crippen LogP contribution in [0.3, 0.4) is 0 Å². The zero-order chi connectivity index (χ0) is 14.0. The molecule has 0 aromatic rings. The molecule has 0 saturated carbocycles. The van der Waals surface area contributed by atoms with Crippen molar-refractivity contribution in [2.75, 3.05) is 39.5 Å². The molecule has 1 atom stereocenters. The van der Waals surface area contributed by atoms with E-state index < -0.39 is 0 Å². The van der Waals surface area contributed by atoms with Crippen LogP contribution in [0.4, 0.5) is 0 Å². The average Bonchev–Trinajstić information content (AvgIpc) is 2.28. The molecule has 0 bridgehead atoms. The van der Waals surface area contributed by atoms with Crippen molar-refractivity contribution in [1.29, 1.82) is 0 Å². The van der Waals surface area contributed by atoms with E-state index in [0.717, 1.165) is 25.3 Å². The monoisotopic (exact) mass is 272 g/mol. The first kappa shape index (κ1) is 17.5. The van der Waals surface area contributed by atoms with Crippen LogP contribution in [0, 0.1) is 0 Å². The third-order valence-electron chi connectivity index (χ3n) is 2.57. The molecule has 1 unspecified atom stereocenters. The van der Waals surface area contributed by atoms with Crippen LogP contribution >= 0.6 is 11.8 Å². The molecule has 0 aliphatic carbocycles. The molecule has 0 radical (unpaired) electrons. The SMILES string of the molecule is C=CCN(CCC)C(=O)CC(CN(C)C)SCC. The number of thioether (sulfide) groups is 1. The van der Waals surface area contributed by atoms with Gasteiger partial charge in [-0.15, -0.1) is 6.58 Å². The zero-order valence-corrected chi connectivity index (χ0v) is 13.1. The summed E-state index contributed by atoms with van der Waals surface area (Å²) in [6.45, 7) is 10.4. The van der Waals surface area contributed by atoms with E-state index in [4.69, 9.17) is 0 Å². The Hall–Kier alpha value is -0.480. The van der Waals surface area contributed by atoms with Gasteiger partial charge in [0.2, 0.25) is 5.91 Å². The summed E-state index contributed by atoms with van der Waals surface area (Å²) in [5.74, 6) is 1.31. The van der Waals surface area contributed by atoms with Crippen LogP contribution in [0.2, 0.25) is 0 Å². The van der Waals surface area contributed by atoms with Crippen molar-refractivity contribution in [3.8, 4) is 0 Å². The average molecular weight is 272 g/mol. The minimum atomic E-state index is 0.254. The van der Waals surface area contributed by atoms with Gasteiger partial charge in [0.15, 0.2) is 0 Å². The van der Waals surface area contributed by atoms with Gasteiger partial charge in [0.25, 0.3) is 0 Å². The van der Waals surface area contributed by atoms with Gasteiger partial charge in [-0.25, -0.2) is 0 Å². The fraction of sp³-hybridized carbons (Fsp3) is 0.786. The van der Waals surface area contributed by atoms with Crippen molar-refractivity contribution in [3.05, 3.63) is 12.7 Å². The zero-order valence-electron chi connectivity index (χ0n) is 12.3. The molecule has 0 fully saturated rings. The third kappa shape index (κ3) is 7.77. The number of rotatable bonds is 10. The summed E-state index contributed by atoms with van der Waals surface area (Å²) in [7, 11) is 4.11. The van der Waals surface area contributed by atoms with Gasteiger partial charge in [0.05, 0.1) is 0 Å². The Bertz CT molecular complexity index is 244. The van der Waals surface area contributed by atoms with Crippen LogP contribution in [0.25, 0.3) is 0 Å². The molecular weight excluding hydrogens is 244 g/mol. The highest BCUT2D eigenvalue weighted by Gasteiger charge is 2.18. The van der Waals surface area contributed by atoms with E-state index >= 15 is 0 Å². The number of amides is 1. The predicted molar refractivity (Wildman–Crippen MR) is 82.2 cm³/mol. The Morgan fingerprint density at radius 2 is 2.06 bits per heavy atom. The Balaban J connectivity index is 4.38. The van der Waals surface area contributed by atoms with E-state index in [1.807, 2.05) is 22.7 Å². The van der Waals surface area contributed by atoms with Gasteiger partial charge in [-0.2, -0.15) is 11.8 Å². The maximum atomic E-state index is 12.2. The number of carbonyl (C=O) groups excluding carboxylic acids is 1. The fourth-order valence-corrected chi connectivity index (χ4v) is 3.02. The van der Waals surface area contributed by atoms with Crippen LogP contribution < -0.4 is 0 Å². The molecule has 0 aliphatic heterocycles. The lowest BCUT2D eigenvalue weighted by molar-refractivity contribution is -0.130. The molecule has 0 aromatic carbocycles. The first-order valence-electron chi connectivity index (χ1n) is 6.70. The Morgan fingerprint density at radius 3 is 2.50 bits per heavy atom. The Morgan fingerprint density at radius 1 is 1.39 bits per heavy atom. The van der Waals surface area contributed by atoms with E-state index in [1.165, 1.54) is 0 Å². The van der Waals surface area contributed by atoms with Crippen LogP contribution in [0.1, 0.15) is 26.7 Å². The van der Waals surface area contributed by atoms with E-state index in [-0.39, 0.29) is 5.91 Å². The molecule has 0 aromatic heterocycles. The largest absolute Gasteiger partial charge is 0.339 e. The Labute approximate surface area is 117 Å². The van der Waals surface area contributed by atoms with Gasteiger partial charge in [0.1, 0.15) is 0 Å². The second-order valence-electron chi connectivity index (χ2n) is 4.67. The van der Waals surface area contributed by atoms with Crippen molar-refractivity contribution in [1.82, 2.24) is 9.80 Å². The molecule has 1 amide bonds. The van der Waals surface area contributed by atoms with Crippen LogP contribution in [0.5, 0.6) is 0 Å². The standard InChI is InChI=1S/C14H28N2OS/c1-6-9-16(10-7-2)14(17)11-13(18-8-3)12-15(4)5/h6,13H,1,7-12H2,2-5H3. The molecule has 0 heterocycles. The summed E-state index contributed by atoms with van der Waals surface area (Å²) >= 11 is 1.87. The molecule has 3 nitrogen and oxygen atoms in total. The first-order valence-corrected chi connectivity index (χ1v) is 7.74. The maximum Gasteiger partial charge on any atom is 0.224 e. The topological polar surface area (TPSA) is 23.6 Å². The highest BCUT2D eigenvalue weighted by molar-refractivity contribution is 7.99. The van der Waals surface area contributed by atoms with Crippen molar-refractivity contribution in [3.63, 3.8) is 0 Å². The highest BCUT2D eigenvalue weighted by atomic mass is 32.2. The van der Waals surface area contributed by atoms with Gasteiger partial charge in [-0.1, -0.05) is 19.9 Å². The normalized spacial score (nSPS) is 12.5. The first-order chi connectivity index (χ1) is 8.54. The summed E-state index contributed by atoms with van der Waals surface area (Å²) in [6, 6.07) is 0.